The molecular weight excluding hydrogens is 510 g/mol. The zero-order valence-electron chi connectivity index (χ0n) is 21.8. The van der Waals surface area contributed by atoms with Crippen LogP contribution in [0.15, 0.2) is 72.2 Å². The zero-order chi connectivity index (χ0) is 29.3. The van der Waals surface area contributed by atoms with Crippen molar-refractivity contribution in [2.45, 2.75) is 58.9 Å². The highest BCUT2D eigenvalue weighted by Crippen LogP contribution is 2.39. The number of nitrogens with zero attached hydrogens (tertiary/aromatic N) is 2. The molecule has 0 fully saturated rings. The number of amides is 1. The highest BCUT2D eigenvalue weighted by atomic mass is 19.4. The van der Waals surface area contributed by atoms with E-state index < -0.39 is 41.3 Å². The first-order valence-electron chi connectivity index (χ1n) is 11.9. The average molecular weight is 545 g/mol. The van der Waals surface area contributed by atoms with Gasteiger partial charge in [-0.15, -0.1) is 0 Å². The van der Waals surface area contributed by atoms with Crippen LogP contribution in [0.3, 0.4) is 0 Å². The van der Waals surface area contributed by atoms with Crippen molar-refractivity contribution in [3.8, 4) is 0 Å². The smallest absolute Gasteiger partial charge is 0.366 e. The fourth-order valence-corrected chi connectivity index (χ4v) is 3.41. The Morgan fingerprint density at radius 3 is 2.00 bits per heavy atom. The molecule has 0 spiro atoms. The van der Waals surface area contributed by atoms with Crippen LogP contribution in [-0.2, 0) is 17.1 Å². The minimum absolute atomic E-state index is 0.00813. The lowest BCUT2D eigenvalue weighted by molar-refractivity contribution is -0.143. The molecule has 1 aromatic rings. The molecule has 1 rings (SSSR count). The molecule has 1 amide bonds. The number of carbonyl (C=O) groups excluding carboxylic acids is 1. The predicted molar refractivity (Wildman–Crippen MR) is 137 cm³/mol. The van der Waals surface area contributed by atoms with Crippen molar-refractivity contribution in [1.29, 1.82) is 0 Å². The first-order chi connectivity index (χ1) is 17.6. The molecule has 0 saturated heterocycles. The number of nitrogens with two attached hydrogens (primary N) is 1. The standard InChI is InChI=1S/C27H34F6N4O/c1-7-17(5)11-20(15-35-9-3)23(25(34)38)16-37(10-4)36-24(18(6)8-2)19-12-21(26(28,29)30)14-22(13-19)27(31,32)33/h9-18,24,36H,3-4,7-8H2,1-2,5-6H3,(H2,34,38)/b20-11+,23-16+,35-15?. The number of aliphatic imine (C=N–C) groups is 1. The van der Waals surface area contributed by atoms with Gasteiger partial charge >= 0.3 is 12.4 Å². The summed E-state index contributed by atoms with van der Waals surface area (Å²) in [5.74, 6) is -1.22. The Bertz CT molecular complexity index is 1040. The van der Waals surface area contributed by atoms with E-state index in [9.17, 15) is 31.1 Å². The lowest BCUT2D eigenvalue weighted by Crippen LogP contribution is -2.37. The van der Waals surface area contributed by atoms with Crippen LogP contribution in [0.4, 0.5) is 26.3 Å². The second kappa shape index (κ2) is 14.0. The second-order valence-corrected chi connectivity index (χ2v) is 8.80. The maximum Gasteiger partial charge on any atom is 0.416 e. The summed E-state index contributed by atoms with van der Waals surface area (Å²) in [6, 6.07) is 0.433. The topological polar surface area (TPSA) is 70.7 Å². The first-order valence-corrected chi connectivity index (χ1v) is 11.9. The number of halogens is 6. The summed E-state index contributed by atoms with van der Waals surface area (Å²) in [6.07, 6.45) is -1.93. The molecule has 38 heavy (non-hydrogen) atoms. The predicted octanol–water partition coefficient (Wildman–Crippen LogP) is 7.32. The summed E-state index contributed by atoms with van der Waals surface area (Å²) in [4.78, 5) is 16.3. The van der Waals surface area contributed by atoms with E-state index >= 15 is 0 Å². The van der Waals surface area contributed by atoms with Gasteiger partial charge in [-0.05, 0) is 35.6 Å². The van der Waals surface area contributed by atoms with Gasteiger partial charge in [-0.2, -0.15) is 26.3 Å². The maximum absolute atomic E-state index is 13.5. The number of alkyl halides is 6. The third-order valence-corrected chi connectivity index (χ3v) is 5.94. The third kappa shape index (κ3) is 9.51. The van der Waals surface area contributed by atoms with Crippen LogP contribution in [0.2, 0.25) is 0 Å². The molecule has 0 radical (unpaired) electrons. The minimum atomic E-state index is -4.99. The lowest BCUT2D eigenvalue weighted by Gasteiger charge is -2.31. The van der Waals surface area contributed by atoms with Crippen molar-refractivity contribution < 1.29 is 31.1 Å². The molecule has 5 nitrogen and oxygen atoms in total. The molecule has 0 aliphatic rings. The molecule has 0 heterocycles. The average Bonchev–Trinajstić information content (AvgIpc) is 2.84. The van der Waals surface area contributed by atoms with E-state index in [4.69, 9.17) is 5.73 Å². The quantitative estimate of drug-likeness (QED) is 0.0899. The van der Waals surface area contributed by atoms with Gasteiger partial charge in [0.25, 0.3) is 5.91 Å². The molecule has 210 valence electrons. The van der Waals surface area contributed by atoms with Crippen LogP contribution >= 0.6 is 0 Å². The van der Waals surface area contributed by atoms with Crippen molar-refractivity contribution in [1.82, 2.24) is 10.4 Å². The molecule has 0 aliphatic heterocycles. The van der Waals surface area contributed by atoms with Crippen molar-refractivity contribution in [3.63, 3.8) is 0 Å². The monoisotopic (exact) mass is 544 g/mol. The van der Waals surface area contributed by atoms with Crippen LogP contribution < -0.4 is 11.2 Å². The van der Waals surface area contributed by atoms with Gasteiger partial charge in [0, 0.05) is 30.4 Å². The second-order valence-electron chi connectivity index (χ2n) is 8.80. The van der Waals surface area contributed by atoms with Gasteiger partial charge in [-0.3, -0.25) is 14.8 Å². The van der Waals surface area contributed by atoms with Gasteiger partial charge < -0.3 is 5.73 Å². The molecule has 11 heteroatoms. The Kier molecular flexibility index (Phi) is 12.0. The molecule has 3 unspecified atom stereocenters. The van der Waals surface area contributed by atoms with E-state index in [0.717, 1.165) is 6.42 Å². The fraction of sp³-hybridized carbons (Fsp3) is 0.407. The number of primary amides is 1. The van der Waals surface area contributed by atoms with E-state index in [0.29, 0.717) is 24.1 Å². The van der Waals surface area contributed by atoms with Crippen LogP contribution in [0.1, 0.15) is 63.3 Å². The molecule has 1 aromatic carbocycles. The number of carbonyl (C=O) groups is 1. The normalized spacial score (nSPS) is 15.7. The largest absolute Gasteiger partial charge is 0.416 e. The number of rotatable bonds is 13. The summed E-state index contributed by atoms with van der Waals surface area (Å²) in [5, 5.41) is 1.19. The maximum atomic E-state index is 13.5. The summed E-state index contributed by atoms with van der Waals surface area (Å²) in [7, 11) is 0. The Balaban J connectivity index is 3.72. The molecule has 0 saturated carbocycles. The molecule has 0 aromatic heterocycles. The summed E-state index contributed by atoms with van der Waals surface area (Å²) < 4.78 is 81.0. The van der Waals surface area contributed by atoms with Crippen molar-refractivity contribution in [3.05, 3.63) is 83.9 Å². The molecule has 0 bridgehead atoms. The van der Waals surface area contributed by atoms with E-state index in [1.54, 1.807) is 19.9 Å². The molecule has 3 atom stereocenters. The van der Waals surface area contributed by atoms with Gasteiger partial charge in [-0.25, -0.2) is 5.43 Å². The lowest BCUT2D eigenvalue weighted by atomic mass is 9.90. The Labute approximate surface area is 219 Å². The number of hydrogen-bond acceptors (Lipinski definition) is 4. The van der Waals surface area contributed by atoms with Gasteiger partial charge in [0.2, 0.25) is 0 Å². The fourth-order valence-electron chi connectivity index (χ4n) is 3.41. The van der Waals surface area contributed by atoms with E-state index in [2.05, 4.69) is 23.6 Å². The third-order valence-electron chi connectivity index (χ3n) is 5.94. The summed E-state index contributed by atoms with van der Waals surface area (Å²) >= 11 is 0. The molecule has 3 N–H and O–H groups in total. The highest BCUT2D eigenvalue weighted by molar-refractivity contribution is 6.05. The zero-order valence-corrected chi connectivity index (χ0v) is 21.8. The van der Waals surface area contributed by atoms with Gasteiger partial charge in [0.1, 0.15) is 0 Å². The summed E-state index contributed by atoms with van der Waals surface area (Å²) in [5.41, 5.74) is 5.79. The highest BCUT2D eigenvalue weighted by Gasteiger charge is 2.38. The van der Waals surface area contributed by atoms with Crippen LogP contribution in [0.5, 0.6) is 0 Å². The van der Waals surface area contributed by atoms with Crippen LogP contribution in [0, 0.1) is 11.8 Å². The van der Waals surface area contributed by atoms with Crippen molar-refractivity contribution in [2.75, 3.05) is 0 Å². The Hall–Kier alpha value is -3.34. The molecule has 0 aliphatic carbocycles. The van der Waals surface area contributed by atoms with Gasteiger partial charge in [0.15, 0.2) is 0 Å². The Morgan fingerprint density at radius 1 is 1.05 bits per heavy atom. The summed E-state index contributed by atoms with van der Waals surface area (Å²) in [6.45, 7) is 14.4. The van der Waals surface area contributed by atoms with Gasteiger partial charge in [0.05, 0.1) is 22.7 Å². The van der Waals surface area contributed by atoms with Crippen molar-refractivity contribution in [2.24, 2.45) is 22.6 Å². The van der Waals surface area contributed by atoms with Crippen LogP contribution in [-0.4, -0.2) is 17.1 Å². The number of hydrogen-bond donors (Lipinski definition) is 2. The first kappa shape index (κ1) is 32.7. The minimum Gasteiger partial charge on any atom is -0.366 e. The Morgan fingerprint density at radius 2 is 1.61 bits per heavy atom. The number of benzene rings is 1. The van der Waals surface area contributed by atoms with E-state index in [1.807, 2.05) is 13.8 Å². The number of nitrogens with one attached hydrogen (secondary N) is 1. The van der Waals surface area contributed by atoms with E-state index in [-0.39, 0.29) is 23.1 Å². The van der Waals surface area contributed by atoms with Gasteiger partial charge in [-0.1, -0.05) is 59.8 Å². The van der Waals surface area contributed by atoms with Crippen molar-refractivity contribution >= 4 is 12.1 Å². The van der Waals surface area contributed by atoms with E-state index in [1.165, 1.54) is 29.8 Å². The number of allylic oxidation sites excluding steroid dienone is 1. The van der Waals surface area contributed by atoms with Crippen LogP contribution in [0.25, 0.3) is 0 Å². The SMILES string of the molecule is C=CN=CC(=C\C(C)CC)/C(=C\N(C=C)NC(c1cc(C(F)(F)F)cc(C(F)(F)F)c1)C(C)CC)C(N)=O. The molecular formula is C27H34F6N4O. The number of hydrazine groups is 1.